The van der Waals surface area contributed by atoms with Crippen LogP contribution in [0.4, 0.5) is 0 Å². The van der Waals surface area contributed by atoms with Gasteiger partial charge in [0.25, 0.3) is 0 Å². The third-order valence-corrected chi connectivity index (χ3v) is 5.89. The van der Waals surface area contributed by atoms with Gasteiger partial charge in [-0.25, -0.2) is 4.79 Å². The zero-order chi connectivity index (χ0) is 14.1. The van der Waals surface area contributed by atoms with Gasteiger partial charge in [0.05, 0.1) is 6.61 Å². The summed E-state index contributed by atoms with van der Waals surface area (Å²) in [6.45, 7) is 15.0. The lowest BCUT2D eigenvalue weighted by Gasteiger charge is -2.21. The molecule has 0 aliphatic carbocycles. The normalized spacial score (nSPS) is 11.3. The Morgan fingerprint density at radius 3 is 2.06 bits per heavy atom. The summed E-state index contributed by atoms with van der Waals surface area (Å²) in [5.74, 6) is 1.28. The van der Waals surface area contributed by atoms with Crippen molar-refractivity contribution in [2.24, 2.45) is 11.8 Å². The van der Waals surface area contributed by atoms with Crippen LogP contribution in [0.25, 0.3) is 0 Å². The molecule has 0 rings (SSSR count). The Kier molecular flexibility index (Phi) is 9.36. The first-order valence-corrected chi connectivity index (χ1v) is 8.77. The Balaban J connectivity index is 3.88. The van der Waals surface area contributed by atoms with E-state index in [4.69, 9.17) is 4.74 Å². The SMILES string of the molecule is C=C(C)C(=O)OCCCP(CC(C)C)CC(C)C. The first-order valence-electron chi connectivity index (χ1n) is 6.88. The monoisotopic (exact) mass is 272 g/mol. The van der Waals surface area contributed by atoms with Gasteiger partial charge in [0.2, 0.25) is 0 Å². The van der Waals surface area contributed by atoms with E-state index < -0.39 is 0 Å². The summed E-state index contributed by atoms with van der Waals surface area (Å²) >= 11 is 0. The Labute approximate surface area is 114 Å². The van der Waals surface area contributed by atoms with Crippen LogP contribution in [0.2, 0.25) is 0 Å². The Hall–Kier alpha value is -0.360. The summed E-state index contributed by atoms with van der Waals surface area (Å²) < 4.78 is 5.14. The van der Waals surface area contributed by atoms with Crippen molar-refractivity contribution >= 4 is 13.9 Å². The Bertz CT molecular complexity index is 249. The van der Waals surface area contributed by atoms with Gasteiger partial charge < -0.3 is 4.74 Å². The van der Waals surface area contributed by atoms with Gasteiger partial charge in [-0.05, 0) is 43.7 Å². The highest BCUT2D eigenvalue weighted by Gasteiger charge is 2.12. The van der Waals surface area contributed by atoms with Gasteiger partial charge in [-0.2, -0.15) is 0 Å². The third kappa shape index (κ3) is 9.65. The van der Waals surface area contributed by atoms with Crippen LogP contribution in [0.5, 0.6) is 0 Å². The number of carbonyl (C=O) groups is 1. The zero-order valence-electron chi connectivity index (χ0n) is 12.7. The van der Waals surface area contributed by atoms with Crippen molar-refractivity contribution in [3.63, 3.8) is 0 Å². The molecule has 0 aromatic carbocycles. The Morgan fingerprint density at radius 2 is 1.67 bits per heavy atom. The number of carbonyl (C=O) groups excluding carboxylic acids is 1. The highest BCUT2D eigenvalue weighted by atomic mass is 31.1. The second-order valence-corrected chi connectivity index (χ2v) is 8.34. The van der Waals surface area contributed by atoms with Crippen LogP contribution in [0, 0.1) is 11.8 Å². The van der Waals surface area contributed by atoms with Crippen molar-refractivity contribution in [2.45, 2.75) is 41.0 Å². The van der Waals surface area contributed by atoms with Gasteiger partial charge in [-0.3, -0.25) is 0 Å². The van der Waals surface area contributed by atoms with E-state index >= 15 is 0 Å². The number of rotatable bonds is 9. The molecule has 0 saturated heterocycles. The predicted octanol–water partition coefficient (Wildman–Crippen LogP) is 4.29. The molecule has 0 saturated carbocycles. The van der Waals surface area contributed by atoms with Crippen molar-refractivity contribution in [3.05, 3.63) is 12.2 Å². The molecule has 0 heterocycles. The van der Waals surface area contributed by atoms with Gasteiger partial charge >= 0.3 is 5.97 Å². The minimum atomic E-state index is -0.257. The summed E-state index contributed by atoms with van der Waals surface area (Å²) in [7, 11) is 0.101. The van der Waals surface area contributed by atoms with Gasteiger partial charge in [0.1, 0.15) is 0 Å². The standard InChI is InChI=1S/C15H29O2P/c1-12(2)10-18(11-13(3)4)9-7-8-17-15(16)14(5)6/h12-13H,5,7-11H2,1-4,6H3. The summed E-state index contributed by atoms with van der Waals surface area (Å²) in [6.07, 6.45) is 4.88. The number of esters is 1. The first kappa shape index (κ1) is 17.6. The summed E-state index contributed by atoms with van der Waals surface area (Å²) in [6, 6.07) is 0. The number of hydrogen-bond acceptors (Lipinski definition) is 2. The van der Waals surface area contributed by atoms with E-state index in [1.807, 2.05) is 0 Å². The van der Waals surface area contributed by atoms with E-state index in [0.717, 1.165) is 18.3 Å². The molecule has 0 unspecified atom stereocenters. The molecule has 106 valence electrons. The van der Waals surface area contributed by atoms with Gasteiger partial charge in [-0.1, -0.05) is 34.3 Å². The van der Waals surface area contributed by atoms with Crippen LogP contribution in [0.1, 0.15) is 41.0 Å². The molecule has 18 heavy (non-hydrogen) atoms. The molecular formula is C15H29O2P. The topological polar surface area (TPSA) is 26.3 Å². The lowest BCUT2D eigenvalue weighted by molar-refractivity contribution is -0.138. The first-order chi connectivity index (χ1) is 8.32. The molecule has 0 aliphatic heterocycles. The van der Waals surface area contributed by atoms with Gasteiger partial charge in [0, 0.05) is 5.57 Å². The summed E-state index contributed by atoms with van der Waals surface area (Å²) in [5, 5.41) is 0. The van der Waals surface area contributed by atoms with E-state index in [0.29, 0.717) is 12.2 Å². The van der Waals surface area contributed by atoms with E-state index in [2.05, 4.69) is 34.3 Å². The highest BCUT2D eigenvalue weighted by Crippen LogP contribution is 2.40. The molecule has 0 bridgehead atoms. The largest absolute Gasteiger partial charge is 0.462 e. The van der Waals surface area contributed by atoms with E-state index in [1.54, 1.807) is 6.92 Å². The maximum atomic E-state index is 11.2. The molecule has 3 heteroatoms. The summed E-state index contributed by atoms with van der Waals surface area (Å²) in [4.78, 5) is 11.2. The molecule has 0 atom stereocenters. The van der Waals surface area contributed by atoms with Crippen LogP contribution in [0.15, 0.2) is 12.2 Å². The van der Waals surface area contributed by atoms with E-state index in [1.165, 1.54) is 18.5 Å². The third-order valence-electron chi connectivity index (χ3n) is 2.45. The molecule has 0 fully saturated rings. The molecule has 0 spiro atoms. The molecular weight excluding hydrogens is 243 g/mol. The predicted molar refractivity (Wildman–Crippen MR) is 81.6 cm³/mol. The molecule has 0 aromatic heterocycles. The number of ether oxygens (including phenoxy) is 1. The van der Waals surface area contributed by atoms with Crippen LogP contribution < -0.4 is 0 Å². The van der Waals surface area contributed by atoms with Crippen LogP contribution in [-0.2, 0) is 9.53 Å². The minimum Gasteiger partial charge on any atom is -0.462 e. The second-order valence-electron chi connectivity index (χ2n) is 5.82. The average molecular weight is 272 g/mol. The lowest BCUT2D eigenvalue weighted by Crippen LogP contribution is -2.09. The lowest BCUT2D eigenvalue weighted by atomic mass is 10.3. The highest BCUT2D eigenvalue weighted by molar-refractivity contribution is 7.57. The fourth-order valence-electron chi connectivity index (χ4n) is 1.87. The molecule has 0 radical (unpaired) electrons. The fourth-order valence-corrected chi connectivity index (χ4v) is 5.02. The van der Waals surface area contributed by atoms with E-state index in [-0.39, 0.29) is 13.9 Å². The second kappa shape index (κ2) is 9.55. The Morgan fingerprint density at radius 1 is 1.17 bits per heavy atom. The molecule has 0 aliphatic rings. The molecule has 0 aromatic rings. The fraction of sp³-hybridized carbons (Fsp3) is 0.800. The van der Waals surface area contributed by atoms with Crippen LogP contribution in [-0.4, -0.2) is 31.1 Å². The van der Waals surface area contributed by atoms with Crippen molar-refractivity contribution < 1.29 is 9.53 Å². The maximum absolute atomic E-state index is 11.2. The van der Waals surface area contributed by atoms with Crippen molar-refractivity contribution in [1.82, 2.24) is 0 Å². The van der Waals surface area contributed by atoms with Crippen molar-refractivity contribution in [1.29, 1.82) is 0 Å². The van der Waals surface area contributed by atoms with Crippen LogP contribution in [0.3, 0.4) is 0 Å². The van der Waals surface area contributed by atoms with Crippen LogP contribution >= 0.6 is 7.92 Å². The molecule has 2 nitrogen and oxygen atoms in total. The van der Waals surface area contributed by atoms with Crippen molar-refractivity contribution in [3.8, 4) is 0 Å². The summed E-state index contributed by atoms with van der Waals surface area (Å²) in [5.41, 5.74) is 0.488. The molecule has 0 N–H and O–H groups in total. The maximum Gasteiger partial charge on any atom is 0.333 e. The smallest absolute Gasteiger partial charge is 0.333 e. The van der Waals surface area contributed by atoms with Gasteiger partial charge in [-0.15, -0.1) is 7.92 Å². The number of hydrogen-bond donors (Lipinski definition) is 0. The van der Waals surface area contributed by atoms with E-state index in [9.17, 15) is 4.79 Å². The van der Waals surface area contributed by atoms with Crippen molar-refractivity contribution in [2.75, 3.05) is 25.1 Å². The quantitative estimate of drug-likeness (QED) is 0.271. The average Bonchev–Trinajstić information content (AvgIpc) is 2.21. The minimum absolute atomic E-state index is 0.101. The zero-order valence-corrected chi connectivity index (χ0v) is 13.6. The van der Waals surface area contributed by atoms with Gasteiger partial charge in [0.15, 0.2) is 0 Å². The molecule has 0 amide bonds.